The Labute approximate surface area is 118 Å². The number of benzene rings is 1. The Kier molecular flexibility index (Phi) is 5.45. The zero-order valence-electron chi connectivity index (χ0n) is 12.6. The van der Waals surface area contributed by atoms with E-state index in [1.165, 1.54) is 61.6 Å². The molecule has 106 valence electrons. The fourth-order valence-corrected chi connectivity index (χ4v) is 3.46. The minimum atomic E-state index is 0.335. The molecule has 0 amide bonds. The third kappa shape index (κ3) is 4.35. The van der Waals surface area contributed by atoms with Crippen molar-refractivity contribution in [2.75, 3.05) is 0 Å². The van der Waals surface area contributed by atoms with Crippen molar-refractivity contribution >= 4 is 0 Å². The molecule has 2 N–H and O–H groups in total. The van der Waals surface area contributed by atoms with Crippen LogP contribution in [0.4, 0.5) is 0 Å². The molecule has 2 rings (SSSR count). The Balaban J connectivity index is 1.82. The van der Waals surface area contributed by atoms with E-state index in [-0.39, 0.29) is 0 Å². The molecule has 0 radical (unpaired) electrons. The van der Waals surface area contributed by atoms with Crippen LogP contribution in [0.25, 0.3) is 0 Å². The molecule has 1 heteroatoms. The SMILES string of the molecule is Cc1cccc(C)c1CC(N)CCC1CCCCC1. The van der Waals surface area contributed by atoms with Crippen LogP contribution >= 0.6 is 0 Å². The van der Waals surface area contributed by atoms with Crippen LogP contribution in [0.2, 0.25) is 0 Å². The van der Waals surface area contributed by atoms with Crippen LogP contribution in [0.15, 0.2) is 18.2 Å². The smallest absolute Gasteiger partial charge is 0.00796 e. The highest BCUT2D eigenvalue weighted by molar-refractivity contribution is 5.34. The van der Waals surface area contributed by atoms with E-state index in [0.29, 0.717) is 6.04 Å². The first-order valence-corrected chi connectivity index (χ1v) is 7.97. The standard InChI is InChI=1S/C18H29N/c1-14-7-6-8-15(2)18(14)13-17(19)12-11-16-9-4-3-5-10-16/h6-8,16-17H,3-5,9-13,19H2,1-2H3. The monoisotopic (exact) mass is 259 g/mol. The maximum Gasteiger partial charge on any atom is 0.00796 e. The predicted octanol–water partition coefficient (Wildman–Crippen LogP) is 4.53. The lowest BCUT2D eigenvalue weighted by atomic mass is 9.84. The minimum absolute atomic E-state index is 0.335. The Bertz CT molecular complexity index is 370. The van der Waals surface area contributed by atoms with Gasteiger partial charge in [0.2, 0.25) is 0 Å². The van der Waals surface area contributed by atoms with Gasteiger partial charge in [-0.15, -0.1) is 0 Å². The average Bonchev–Trinajstić information content (AvgIpc) is 2.42. The number of hydrogen-bond acceptors (Lipinski definition) is 1. The topological polar surface area (TPSA) is 26.0 Å². The molecule has 1 unspecified atom stereocenters. The molecule has 1 aromatic rings. The average molecular weight is 259 g/mol. The van der Waals surface area contributed by atoms with Gasteiger partial charge in [0.1, 0.15) is 0 Å². The summed E-state index contributed by atoms with van der Waals surface area (Å²) in [4.78, 5) is 0. The first-order chi connectivity index (χ1) is 9.16. The van der Waals surface area contributed by atoms with E-state index in [1.807, 2.05) is 0 Å². The van der Waals surface area contributed by atoms with E-state index >= 15 is 0 Å². The van der Waals surface area contributed by atoms with Gasteiger partial charge < -0.3 is 5.73 Å². The Morgan fingerprint density at radius 3 is 2.37 bits per heavy atom. The van der Waals surface area contributed by atoms with Crippen molar-refractivity contribution in [2.24, 2.45) is 11.7 Å². The molecule has 0 bridgehead atoms. The molecule has 0 saturated heterocycles. The van der Waals surface area contributed by atoms with Gasteiger partial charge in [-0.3, -0.25) is 0 Å². The molecule has 0 aliphatic heterocycles. The van der Waals surface area contributed by atoms with Crippen molar-refractivity contribution in [3.05, 3.63) is 34.9 Å². The molecule has 1 aromatic carbocycles. The highest BCUT2D eigenvalue weighted by Crippen LogP contribution is 2.28. The Morgan fingerprint density at radius 1 is 1.11 bits per heavy atom. The van der Waals surface area contributed by atoms with Crippen LogP contribution < -0.4 is 5.73 Å². The maximum atomic E-state index is 6.36. The molecule has 19 heavy (non-hydrogen) atoms. The minimum Gasteiger partial charge on any atom is -0.327 e. The molecule has 0 aromatic heterocycles. The van der Waals surface area contributed by atoms with Crippen molar-refractivity contribution in [1.82, 2.24) is 0 Å². The van der Waals surface area contributed by atoms with Crippen LogP contribution in [0, 0.1) is 19.8 Å². The molecular formula is C18H29N. The fourth-order valence-electron chi connectivity index (χ4n) is 3.46. The summed E-state index contributed by atoms with van der Waals surface area (Å²) in [6, 6.07) is 6.88. The second kappa shape index (κ2) is 7.09. The Hall–Kier alpha value is -0.820. The summed E-state index contributed by atoms with van der Waals surface area (Å²) < 4.78 is 0. The third-order valence-electron chi connectivity index (χ3n) is 4.78. The van der Waals surface area contributed by atoms with Crippen LogP contribution in [0.5, 0.6) is 0 Å². The normalized spacial score (nSPS) is 18.5. The van der Waals surface area contributed by atoms with Gasteiger partial charge in [0, 0.05) is 6.04 Å². The van der Waals surface area contributed by atoms with Gasteiger partial charge in [-0.25, -0.2) is 0 Å². The number of rotatable bonds is 5. The van der Waals surface area contributed by atoms with Gasteiger partial charge in [0.15, 0.2) is 0 Å². The maximum absolute atomic E-state index is 6.36. The molecule has 1 aliphatic rings. The van der Waals surface area contributed by atoms with Gasteiger partial charge in [-0.2, -0.15) is 0 Å². The van der Waals surface area contributed by atoms with Crippen molar-refractivity contribution in [2.45, 2.75) is 71.3 Å². The van der Waals surface area contributed by atoms with Crippen LogP contribution in [0.3, 0.4) is 0 Å². The highest BCUT2D eigenvalue weighted by Gasteiger charge is 2.15. The zero-order valence-corrected chi connectivity index (χ0v) is 12.6. The molecule has 1 fully saturated rings. The third-order valence-corrected chi connectivity index (χ3v) is 4.78. The molecule has 1 nitrogen and oxygen atoms in total. The summed E-state index contributed by atoms with van der Waals surface area (Å²) in [6.07, 6.45) is 10.8. The van der Waals surface area contributed by atoms with E-state index in [9.17, 15) is 0 Å². The lowest BCUT2D eigenvalue weighted by Crippen LogP contribution is -2.25. The van der Waals surface area contributed by atoms with Crippen LogP contribution in [-0.4, -0.2) is 6.04 Å². The Morgan fingerprint density at radius 2 is 1.74 bits per heavy atom. The van der Waals surface area contributed by atoms with E-state index < -0.39 is 0 Å². The molecule has 1 saturated carbocycles. The van der Waals surface area contributed by atoms with Crippen LogP contribution in [0.1, 0.15) is 61.6 Å². The van der Waals surface area contributed by atoms with Gasteiger partial charge in [0.25, 0.3) is 0 Å². The van der Waals surface area contributed by atoms with E-state index in [2.05, 4.69) is 32.0 Å². The molecular weight excluding hydrogens is 230 g/mol. The quantitative estimate of drug-likeness (QED) is 0.825. The van der Waals surface area contributed by atoms with E-state index in [1.54, 1.807) is 0 Å². The van der Waals surface area contributed by atoms with Crippen LogP contribution in [-0.2, 0) is 6.42 Å². The summed E-state index contributed by atoms with van der Waals surface area (Å²) in [6.45, 7) is 4.41. The number of hydrogen-bond donors (Lipinski definition) is 1. The summed E-state index contributed by atoms with van der Waals surface area (Å²) >= 11 is 0. The lowest BCUT2D eigenvalue weighted by Gasteiger charge is -2.23. The first kappa shape index (κ1) is 14.6. The largest absolute Gasteiger partial charge is 0.327 e. The van der Waals surface area contributed by atoms with Crippen molar-refractivity contribution in [3.8, 4) is 0 Å². The van der Waals surface area contributed by atoms with E-state index in [4.69, 9.17) is 5.73 Å². The lowest BCUT2D eigenvalue weighted by molar-refractivity contribution is 0.323. The second-order valence-electron chi connectivity index (χ2n) is 6.42. The molecule has 0 heterocycles. The summed E-state index contributed by atoms with van der Waals surface area (Å²) in [5.74, 6) is 0.956. The molecule has 0 spiro atoms. The van der Waals surface area contributed by atoms with Crippen molar-refractivity contribution in [3.63, 3.8) is 0 Å². The summed E-state index contributed by atoms with van der Waals surface area (Å²) in [7, 11) is 0. The van der Waals surface area contributed by atoms with Crippen molar-refractivity contribution < 1.29 is 0 Å². The van der Waals surface area contributed by atoms with Gasteiger partial charge >= 0.3 is 0 Å². The predicted molar refractivity (Wildman–Crippen MR) is 83.4 cm³/mol. The highest BCUT2D eigenvalue weighted by atomic mass is 14.6. The first-order valence-electron chi connectivity index (χ1n) is 7.97. The number of aryl methyl sites for hydroxylation is 2. The zero-order chi connectivity index (χ0) is 13.7. The van der Waals surface area contributed by atoms with Gasteiger partial charge in [-0.05, 0) is 55.7 Å². The van der Waals surface area contributed by atoms with Gasteiger partial charge in [-0.1, -0.05) is 50.3 Å². The summed E-state index contributed by atoms with van der Waals surface area (Å²) in [5, 5.41) is 0. The molecule has 1 aliphatic carbocycles. The second-order valence-corrected chi connectivity index (χ2v) is 6.42. The summed E-state index contributed by atoms with van der Waals surface area (Å²) in [5.41, 5.74) is 10.6. The molecule has 1 atom stereocenters. The van der Waals surface area contributed by atoms with E-state index in [0.717, 1.165) is 12.3 Å². The van der Waals surface area contributed by atoms with Gasteiger partial charge in [0.05, 0.1) is 0 Å². The number of nitrogens with two attached hydrogens (primary N) is 1. The fraction of sp³-hybridized carbons (Fsp3) is 0.667. The van der Waals surface area contributed by atoms with Crippen molar-refractivity contribution in [1.29, 1.82) is 0 Å².